The van der Waals surface area contributed by atoms with Crippen LogP contribution in [0.3, 0.4) is 0 Å². The van der Waals surface area contributed by atoms with Crippen molar-refractivity contribution in [2.24, 2.45) is 5.11 Å². The largest absolute Gasteiger partial charge is 0.344 e. The van der Waals surface area contributed by atoms with Gasteiger partial charge >= 0.3 is 0 Å². The minimum Gasteiger partial charge on any atom is -0.344 e. The SMILES string of the molecule is CC1(C)OC2C(CN=[N+]=[N-])O[C@@H]3OC(C)(C)O[C@@H]3C2O1. The Balaban J connectivity index is 1.85. The second-order valence-corrected chi connectivity index (χ2v) is 6.12. The van der Waals surface area contributed by atoms with E-state index in [1.54, 1.807) is 0 Å². The number of hydrogen-bond acceptors (Lipinski definition) is 6. The van der Waals surface area contributed by atoms with Crippen LogP contribution in [0.4, 0.5) is 0 Å². The molecule has 3 unspecified atom stereocenters. The van der Waals surface area contributed by atoms with Crippen molar-refractivity contribution in [1.29, 1.82) is 0 Å². The monoisotopic (exact) mass is 285 g/mol. The molecule has 0 radical (unpaired) electrons. The predicted molar refractivity (Wildman–Crippen MR) is 66.5 cm³/mol. The minimum absolute atomic E-state index is 0.171. The van der Waals surface area contributed by atoms with Crippen molar-refractivity contribution in [3.05, 3.63) is 10.4 Å². The van der Waals surface area contributed by atoms with Crippen LogP contribution in [0.1, 0.15) is 27.7 Å². The highest BCUT2D eigenvalue weighted by atomic mass is 16.9. The zero-order valence-corrected chi connectivity index (χ0v) is 12.0. The molecule has 20 heavy (non-hydrogen) atoms. The Bertz CT molecular complexity index is 448. The summed E-state index contributed by atoms with van der Waals surface area (Å²) in [5.41, 5.74) is 8.49. The summed E-state index contributed by atoms with van der Waals surface area (Å²) in [6.07, 6.45) is -1.93. The van der Waals surface area contributed by atoms with Gasteiger partial charge in [-0.25, -0.2) is 0 Å². The van der Waals surface area contributed by atoms with Crippen LogP contribution in [0.2, 0.25) is 0 Å². The first-order chi connectivity index (χ1) is 9.31. The summed E-state index contributed by atoms with van der Waals surface area (Å²) in [6, 6.07) is 0. The van der Waals surface area contributed by atoms with E-state index in [1.165, 1.54) is 0 Å². The molecule has 3 rings (SSSR count). The molecule has 3 heterocycles. The minimum atomic E-state index is -0.733. The third kappa shape index (κ3) is 2.39. The lowest BCUT2D eigenvalue weighted by Crippen LogP contribution is -2.55. The van der Waals surface area contributed by atoms with E-state index >= 15 is 0 Å². The third-order valence-corrected chi connectivity index (χ3v) is 3.58. The summed E-state index contributed by atoms with van der Waals surface area (Å²) in [4.78, 5) is 2.77. The van der Waals surface area contributed by atoms with Crippen LogP contribution < -0.4 is 0 Å². The van der Waals surface area contributed by atoms with Gasteiger partial charge in [0.1, 0.15) is 18.3 Å². The normalized spacial score (nSPS) is 44.5. The van der Waals surface area contributed by atoms with E-state index in [1.807, 2.05) is 27.7 Å². The lowest BCUT2D eigenvalue weighted by atomic mass is 9.99. The molecule has 0 aromatic carbocycles. The number of ether oxygens (including phenoxy) is 5. The van der Waals surface area contributed by atoms with Crippen LogP contribution >= 0.6 is 0 Å². The molecule has 3 fully saturated rings. The molecule has 0 aliphatic carbocycles. The number of rotatable bonds is 2. The van der Waals surface area contributed by atoms with E-state index < -0.39 is 24.0 Å². The highest BCUT2D eigenvalue weighted by Gasteiger charge is 2.60. The molecule has 0 N–H and O–H groups in total. The first-order valence-electron chi connectivity index (χ1n) is 6.69. The molecule has 0 spiro atoms. The van der Waals surface area contributed by atoms with Crippen LogP contribution in [0.25, 0.3) is 10.4 Å². The second kappa shape index (κ2) is 4.56. The molecule has 112 valence electrons. The van der Waals surface area contributed by atoms with E-state index in [-0.39, 0.29) is 24.9 Å². The van der Waals surface area contributed by atoms with E-state index in [2.05, 4.69) is 10.0 Å². The van der Waals surface area contributed by atoms with Gasteiger partial charge in [0.15, 0.2) is 17.9 Å². The Morgan fingerprint density at radius 1 is 0.950 bits per heavy atom. The van der Waals surface area contributed by atoms with E-state index in [0.29, 0.717) is 0 Å². The molecule has 3 aliphatic heterocycles. The highest BCUT2D eigenvalue weighted by molar-refractivity contribution is 5.00. The molecule has 0 saturated carbocycles. The third-order valence-electron chi connectivity index (χ3n) is 3.58. The van der Waals surface area contributed by atoms with Crippen LogP contribution in [0.15, 0.2) is 5.11 Å². The summed E-state index contributed by atoms with van der Waals surface area (Å²) < 4.78 is 29.2. The number of fused-ring (bicyclic) bond motifs is 3. The van der Waals surface area contributed by atoms with Gasteiger partial charge in [0.2, 0.25) is 0 Å². The van der Waals surface area contributed by atoms with E-state index in [0.717, 1.165) is 0 Å². The Morgan fingerprint density at radius 2 is 1.55 bits per heavy atom. The smallest absolute Gasteiger partial charge is 0.190 e. The van der Waals surface area contributed by atoms with Crippen LogP contribution in [-0.4, -0.2) is 48.8 Å². The van der Waals surface area contributed by atoms with Crippen LogP contribution in [-0.2, 0) is 23.7 Å². The first kappa shape index (κ1) is 14.1. The van der Waals surface area contributed by atoms with Crippen molar-refractivity contribution in [1.82, 2.24) is 0 Å². The van der Waals surface area contributed by atoms with Gasteiger partial charge in [-0.05, 0) is 33.2 Å². The fourth-order valence-corrected chi connectivity index (χ4v) is 2.96. The molecule has 0 amide bonds. The molecule has 8 heteroatoms. The molecular formula is C12H19N3O5. The average Bonchev–Trinajstić information content (AvgIpc) is 2.80. The number of azide groups is 1. The zero-order valence-electron chi connectivity index (χ0n) is 12.0. The summed E-state index contributed by atoms with van der Waals surface area (Å²) in [5, 5.41) is 3.58. The van der Waals surface area contributed by atoms with Crippen molar-refractivity contribution in [3.63, 3.8) is 0 Å². The van der Waals surface area contributed by atoms with Gasteiger partial charge in [-0.2, -0.15) is 0 Å². The summed E-state index contributed by atoms with van der Waals surface area (Å²) >= 11 is 0. The molecule has 3 aliphatic rings. The lowest BCUT2D eigenvalue weighted by Gasteiger charge is -2.36. The van der Waals surface area contributed by atoms with Crippen LogP contribution in [0.5, 0.6) is 0 Å². The maximum absolute atomic E-state index is 8.49. The maximum atomic E-state index is 8.49. The second-order valence-electron chi connectivity index (χ2n) is 6.12. The quantitative estimate of drug-likeness (QED) is 0.437. The maximum Gasteiger partial charge on any atom is 0.190 e. The Hall–Kier alpha value is -0.890. The number of hydrogen-bond donors (Lipinski definition) is 0. The highest BCUT2D eigenvalue weighted by Crippen LogP contribution is 2.44. The average molecular weight is 285 g/mol. The summed E-state index contributed by atoms with van der Waals surface area (Å²) in [5.74, 6) is -1.46. The van der Waals surface area contributed by atoms with Crippen molar-refractivity contribution in [2.75, 3.05) is 6.54 Å². The van der Waals surface area contributed by atoms with E-state index in [4.69, 9.17) is 29.2 Å². The van der Waals surface area contributed by atoms with Crippen molar-refractivity contribution in [2.45, 2.75) is 70.0 Å². The van der Waals surface area contributed by atoms with Gasteiger partial charge in [0.25, 0.3) is 0 Å². The van der Waals surface area contributed by atoms with Crippen molar-refractivity contribution in [3.8, 4) is 0 Å². The van der Waals surface area contributed by atoms with Gasteiger partial charge in [-0.1, -0.05) is 5.11 Å². The van der Waals surface area contributed by atoms with Crippen molar-refractivity contribution >= 4 is 0 Å². The first-order valence-corrected chi connectivity index (χ1v) is 6.69. The predicted octanol–water partition coefficient (Wildman–Crippen LogP) is 1.69. The van der Waals surface area contributed by atoms with E-state index in [9.17, 15) is 0 Å². The fraction of sp³-hybridized carbons (Fsp3) is 1.00. The molecule has 5 atom stereocenters. The Labute approximate surface area is 116 Å². The van der Waals surface area contributed by atoms with Crippen molar-refractivity contribution < 1.29 is 23.7 Å². The molecule has 3 saturated heterocycles. The Kier molecular flexibility index (Phi) is 3.20. The Morgan fingerprint density at radius 3 is 2.25 bits per heavy atom. The van der Waals surface area contributed by atoms with Gasteiger partial charge in [-0.3, -0.25) is 0 Å². The molecule has 8 nitrogen and oxygen atoms in total. The van der Waals surface area contributed by atoms with Crippen LogP contribution in [0, 0.1) is 0 Å². The van der Waals surface area contributed by atoms with Gasteiger partial charge in [0, 0.05) is 4.91 Å². The topological polar surface area (TPSA) is 94.9 Å². The zero-order chi connectivity index (χ0) is 14.5. The van der Waals surface area contributed by atoms with Gasteiger partial charge in [0.05, 0.1) is 12.6 Å². The standard InChI is InChI=1S/C12H19N3O5/c1-11(2)17-7-6(5-14-15-13)16-10-9(8(7)18-11)19-12(3,4)20-10/h6-10H,5H2,1-4H3/t6?,7?,8?,9-,10-/m1/s1. The molecule has 0 aromatic heterocycles. The summed E-state index contributed by atoms with van der Waals surface area (Å²) in [7, 11) is 0. The molecule has 0 aromatic rings. The van der Waals surface area contributed by atoms with Gasteiger partial charge in [-0.15, -0.1) is 0 Å². The van der Waals surface area contributed by atoms with Gasteiger partial charge < -0.3 is 23.7 Å². The fourth-order valence-electron chi connectivity index (χ4n) is 2.96. The molecular weight excluding hydrogens is 266 g/mol. The lowest BCUT2D eigenvalue weighted by molar-refractivity contribution is -0.231. The summed E-state index contributed by atoms with van der Waals surface area (Å²) in [6.45, 7) is 7.50. The molecule has 0 bridgehead atoms. The number of nitrogens with zero attached hydrogens (tertiary/aromatic N) is 3.